The van der Waals surface area contributed by atoms with Crippen LogP contribution in [0.2, 0.25) is 0 Å². The minimum absolute atomic E-state index is 0.424. The van der Waals surface area contributed by atoms with E-state index in [1.807, 2.05) is 6.92 Å². The first-order valence-electron chi connectivity index (χ1n) is 6.19. The Bertz CT molecular complexity index is 199. The van der Waals surface area contributed by atoms with Crippen LogP contribution in [0.3, 0.4) is 0 Å². The van der Waals surface area contributed by atoms with Gasteiger partial charge in [-0.3, -0.25) is 4.90 Å². The largest absolute Gasteiger partial charge is 0.389 e. The van der Waals surface area contributed by atoms with Crippen molar-refractivity contribution in [2.45, 2.75) is 53.1 Å². The van der Waals surface area contributed by atoms with Crippen molar-refractivity contribution in [3.63, 3.8) is 0 Å². The molecule has 2 heteroatoms. The molecular weight excluding hydrogens is 186 g/mol. The Kier molecular flexibility index (Phi) is 3.83. The zero-order chi connectivity index (χ0) is 11.7. The average Bonchev–Trinajstić information content (AvgIpc) is 1.93. The third kappa shape index (κ3) is 3.76. The zero-order valence-electron chi connectivity index (χ0n) is 11.0. The minimum Gasteiger partial charge on any atom is -0.389 e. The van der Waals surface area contributed by atoms with Gasteiger partial charge < -0.3 is 5.11 Å². The second-order valence-electron chi connectivity index (χ2n) is 6.50. The topological polar surface area (TPSA) is 23.5 Å². The Morgan fingerprint density at radius 2 is 1.73 bits per heavy atom. The Labute approximate surface area is 94.7 Å². The lowest BCUT2D eigenvalue weighted by Crippen LogP contribution is -2.56. The van der Waals surface area contributed by atoms with Gasteiger partial charge in [-0.1, -0.05) is 34.1 Å². The first-order valence-corrected chi connectivity index (χ1v) is 6.19. The molecule has 1 rings (SSSR count). The highest BCUT2D eigenvalue weighted by atomic mass is 16.3. The number of rotatable bonds is 4. The van der Waals surface area contributed by atoms with E-state index in [2.05, 4.69) is 32.6 Å². The fraction of sp³-hybridized carbons (Fsp3) is 1.00. The summed E-state index contributed by atoms with van der Waals surface area (Å²) in [5.74, 6) is 0.801. The van der Waals surface area contributed by atoms with Gasteiger partial charge in [-0.2, -0.15) is 0 Å². The smallest absolute Gasteiger partial charge is 0.0746 e. The van der Waals surface area contributed by atoms with E-state index in [1.54, 1.807) is 0 Å². The Hall–Kier alpha value is -0.0800. The summed E-state index contributed by atoms with van der Waals surface area (Å²) in [6, 6.07) is 0. The molecule has 90 valence electrons. The van der Waals surface area contributed by atoms with Crippen LogP contribution >= 0.6 is 0 Å². The predicted molar refractivity (Wildman–Crippen MR) is 64.9 cm³/mol. The Morgan fingerprint density at radius 3 is 2.13 bits per heavy atom. The SMILES string of the molecule is CCCC(C)(O)CN1CC(C(C)(C)C)C1. The molecule has 0 radical (unpaired) electrons. The molecule has 1 aliphatic rings. The Morgan fingerprint density at radius 1 is 1.20 bits per heavy atom. The molecule has 0 spiro atoms. The fourth-order valence-corrected chi connectivity index (χ4v) is 2.35. The molecule has 1 unspecified atom stereocenters. The van der Waals surface area contributed by atoms with Gasteiger partial charge in [0.15, 0.2) is 0 Å². The second kappa shape index (κ2) is 4.42. The fourth-order valence-electron chi connectivity index (χ4n) is 2.35. The van der Waals surface area contributed by atoms with Crippen molar-refractivity contribution < 1.29 is 5.11 Å². The number of β-amino-alcohol motifs (C(OH)–C–C–N with tert-alkyl or cyclic N) is 1. The van der Waals surface area contributed by atoms with Gasteiger partial charge in [0.05, 0.1) is 5.60 Å². The first kappa shape index (κ1) is 13.0. The molecule has 0 aromatic carbocycles. The van der Waals surface area contributed by atoms with Crippen molar-refractivity contribution in [1.82, 2.24) is 4.90 Å². The first-order chi connectivity index (χ1) is 6.74. The lowest BCUT2D eigenvalue weighted by Gasteiger charge is -2.48. The average molecular weight is 213 g/mol. The number of hydrogen-bond acceptors (Lipinski definition) is 2. The molecule has 1 atom stereocenters. The molecule has 2 nitrogen and oxygen atoms in total. The number of likely N-dealkylation sites (tertiary alicyclic amines) is 1. The standard InChI is InChI=1S/C13H27NO/c1-6-7-13(5,15)10-14-8-11(9-14)12(2,3)4/h11,15H,6-10H2,1-5H3. The van der Waals surface area contributed by atoms with Gasteiger partial charge in [0.25, 0.3) is 0 Å². The van der Waals surface area contributed by atoms with E-state index in [-0.39, 0.29) is 0 Å². The van der Waals surface area contributed by atoms with E-state index >= 15 is 0 Å². The maximum Gasteiger partial charge on any atom is 0.0746 e. The zero-order valence-corrected chi connectivity index (χ0v) is 11.0. The summed E-state index contributed by atoms with van der Waals surface area (Å²) < 4.78 is 0. The van der Waals surface area contributed by atoms with Crippen LogP contribution in [0, 0.1) is 11.3 Å². The third-order valence-corrected chi connectivity index (χ3v) is 3.53. The quantitative estimate of drug-likeness (QED) is 0.775. The van der Waals surface area contributed by atoms with Crippen LogP contribution < -0.4 is 0 Å². The molecule has 0 saturated carbocycles. The molecule has 15 heavy (non-hydrogen) atoms. The van der Waals surface area contributed by atoms with Gasteiger partial charge >= 0.3 is 0 Å². The summed E-state index contributed by atoms with van der Waals surface area (Å²) >= 11 is 0. The van der Waals surface area contributed by atoms with Crippen LogP contribution in [0.4, 0.5) is 0 Å². The van der Waals surface area contributed by atoms with E-state index in [0.717, 1.165) is 38.4 Å². The normalized spacial score (nSPS) is 23.6. The van der Waals surface area contributed by atoms with E-state index < -0.39 is 5.60 Å². The number of aliphatic hydroxyl groups is 1. The monoisotopic (exact) mass is 213 g/mol. The van der Waals surface area contributed by atoms with Gasteiger partial charge in [-0.25, -0.2) is 0 Å². The summed E-state index contributed by atoms with van der Waals surface area (Å²) in [5, 5.41) is 10.1. The molecule has 0 aliphatic carbocycles. The summed E-state index contributed by atoms with van der Waals surface area (Å²) in [7, 11) is 0. The summed E-state index contributed by atoms with van der Waals surface area (Å²) in [5.41, 5.74) is -0.0648. The highest BCUT2D eigenvalue weighted by molar-refractivity contribution is 4.91. The van der Waals surface area contributed by atoms with Crippen LogP contribution in [0.5, 0.6) is 0 Å². The maximum absolute atomic E-state index is 10.1. The molecule has 1 heterocycles. The van der Waals surface area contributed by atoms with E-state index in [4.69, 9.17) is 0 Å². The number of nitrogens with zero attached hydrogens (tertiary/aromatic N) is 1. The van der Waals surface area contributed by atoms with Gasteiger partial charge in [-0.15, -0.1) is 0 Å². The molecule has 0 aromatic rings. The maximum atomic E-state index is 10.1. The highest BCUT2D eigenvalue weighted by Gasteiger charge is 2.37. The molecule has 1 aliphatic heterocycles. The van der Waals surface area contributed by atoms with Gasteiger partial charge in [0.2, 0.25) is 0 Å². The van der Waals surface area contributed by atoms with Crippen molar-refractivity contribution >= 4 is 0 Å². The van der Waals surface area contributed by atoms with Crippen molar-refractivity contribution in [3.8, 4) is 0 Å². The van der Waals surface area contributed by atoms with Gasteiger partial charge in [-0.05, 0) is 24.7 Å². The van der Waals surface area contributed by atoms with Crippen molar-refractivity contribution in [2.75, 3.05) is 19.6 Å². The molecule has 0 amide bonds. The van der Waals surface area contributed by atoms with Crippen LogP contribution in [0.15, 0.2) is 0 Å². The molecule has 1 saturated heterocycles. The van der Waals surface area contributed by atoms with Gasteiger partial charge in [0.1, 0.15) is 0 Å². The lowest BCUT2D eigenvalue weighted by atomic mass is 9.75. The third-order valence-electron chi connectivity index (χ3n) is 3.53. The number of hydrogen-bond donors (Lipinski definition) is 1. The minimum atomic E-state index is -0.488. The van der Waals surface area contributed by atoms with E-state index in [0.29, 0.717) is 5.41 Å². The lowest BCUT2D eigenvalue weighted by molar-refractivity contribution is -0.0484. The summed E-state index contributed by atoms with van der Waals surface area (Å²) in [4.78, 5) is 2.38. The van der Waals surface area contributed by atoms with Crippen molar-refractivity contribution in [2.24, 2.45) is 11.3 Å². The predicted octanol–water partition coefficient (Wildman–Crippen LogP) is 2.52. The second-order valence-corrected chi connectivity index (χ2v) is 6.50. The van der Waals surface area contributed by atoms with Crippen LogP contribution in [0.25, 0.3) is 0 Å². The van der Waals surface area contributed by atoms with E-state index in [9.17, 15) is 5.11 Å². The van der Waals surface area contributed by atoms with E-state index in [1.165, 1.54) is 0 Å². The molecule has 1 fully saturated rings. The van der Waals surface area contributed by atoms with Crippen LogP contribution in [-0.2, 0) is 0 Å². The summed E-state index contributed by atoms with van der Waals surface area (Å²) in [6.45, 7) is 14.2. The molecule has 0 aromatic heterocycles. The molecule has 1 N–H and O–H groups in total. The van der Waals surface area contributed by atoms with Crippen molar-refractivity contribution in [3.05, 3.63) is 0 Å². The van der Waals surface area contributed by atoms with Crippen LogP contribution in [0.1, 0.15) is 47.5 Å². The highest BCUT2D eigenvalue weighted by Crippen LogP contribution is 2.34. The van der Waals surface area contributed by atoms with Crippen molar-refractivity contribution in [1.29, 1.82) is 0 Å². The van der Waals surface area contributed by atoms with Crippen LogP contribution in [-0.4, -0.2) is 35.2 Å². The molecule has 0 bridgehead atoms. The summed E-state index contributed by atoms with van der Waals surface area (Å²) in [6.07, 6.45) is 1.97. The molecular formula is C13H27NO. The van der Waals surface area contributed by atoms with Gasteiger partial charge in [0, 0.05) is 19.6 Å². The Balaban J connectivity index is 2.28.